The number of benzene rings is 1. The van der Waals surface area contributed by atoms with E-state index in [0.29, 0.717) is 11.5 Å². The number of hydrogen-bond acceptors (Lipinski definition) is 4. The van der Waals surface area contributed by atoms with Gasteiger partial charge in [0, 0.05) is 21.9 Å². The van der Waals surface area contributed by atoms with Gasteiger partial charge in [-0.15, -0.1) is 11.3 Å². The van der Waals surface area contributed by atoms with Crippen LogP contribution in [0.5, 0.6) is 0 Å². The minimum Gasteiger partial charge on any atom is -0.462 e. The van der Waals surface area contributed by atoms with E-state index in [1.807, 2.05) is 35.7 Å². The largest absolute Gasteiger partial charge is 0.462 e. The van der Waals surface area contributed by atoms with Crippen LogP contribution in [0.15, 0.2) is 58.5 Å². The smallest absolute Gasteiger partial charge is 0.162 e. The highest BCUT2D eigenvalue weighted by atomic mass is 32.2. The van der Waals surface area contributed by atoms with Crippen molar-refractivity contribution in [3.63, 3.8) is 0 Å². The second kappa shape index (κ2) is 6.83. The van der Waals surface area contributed by atoms with Crippen LogP contribution in [-0.4, -0.2) is 14.9 Å². The summed E-state index contributed by atoms with van der Waals surface area (Å²) >= 11 is 1.52. The Kier molecular flexibility index (Phi) is 4.62. The Bertz CT molecular complexity index is 705. The first-order valence-electron chi connectivity index (χ1n) is 6.68. The van der Waals surface area contributed by atoms with Crippen LogP contribution < -0.4 is 0 Å². The lowest BCUT2D eigenvalue weighted by molar-refractivity contribution is 0.581. The molecule has 0 N–H and O–H groups in total. The van der Waals surface area contributed by atoms with Crippen LogP contribution in [0, 0.1) is 0 Å². The predicted octanol–water partition coefficient (Wildman–Crippen LogP) is 3.89. The van der Waals surface area contributed by atoms with E-state index in [1.165, 1.54) is 16.9 Å². The third kappa shape index (κ3) is 3.89. The third-order valence-corrected chi connectivity index (χ3v) is 5.24. The van der Waals surface area contributed by atoms with Gasteiger partial charge in [-0.1, -0.05) is 30.3 Å². The zero-order valence-electron chi connectivity index (χ0n) is 11.4. The van der Waals surface area contributed by atoms with Crippen LogP contribution in [0.1, 0.15) is 11.3 Å². The van der Waals surface area contributed by atoms with Gasteiger partial charge in [0.1, 0.15) is 0 Å². The van der Waals surface area contributed by atoms with Crippen molar-refractivity contribution in [3.8, 4) is 10.8 Å². The van der Waals surface area contributed by atoms with Crippen molar-refractivity contribution >= 4 is 22.1 Å². The number of aryl methyl sites for hydroxylation is 1. The zero-order valence-corrected chi connectivity index (χ0v) is 13.0. The molecule has 21 heavy (non-hydrogen) atoms. The highest BCUT2D eigenvalue weighted by Gasteiger charge is 2.09. The molecule has 0 saturated heterocycles. The molecular formula is C16H15NO2S2. The summed E-state index contributed by atoms with van der Waals surface area (Å²) in [6.45, 7) is 0. The van der Waals surface area contributed by atoms with Crippen LogP contribution in [0.25, 0.3) is 10.8 Å². The first-order chi connectivity index (χ1) is 10.3. The minimum absolute atomic E-state index is 0.504. The normalized spacial score (nSPS) is 12.4. The lowest BCUT2D eigenvalue weighted by Gasteiger charge is -2.01. The van der Waals surface area contributed by atoms with Gasteiger partial charge in [-0.05, 0) is 24.1 Å². The number of rotatable bonds is 6. The summed E-state index contributed by atoms with van der Waals surface area (Å²) in [6.07, 6.45) is 2.47. The van der Waals surface area contributed by atoms with E-state index in [-0.39, 0.29) is 0 Å². The molecule has 0 aliphatic heterocycles. The average Bonchev–Trinajstić information content (AvgIpc) is 3.17. The lowest BCUT2D eigenvalue weighted by Crippen LogP contribution is -2.04. The molecule has 0 amide bonds. The van der Waals surface area contributed by atoms with Crippen molar-refractivity contribution in [2.24, 2.45) is 0 Å². The predicted molar refractivity (Wildman–Crippen MR) is 86.7 cm³/mol. The number of thiazole rings is 1. The van der Waals surface area contributed by atoms with Crippen molar-refractivity contribution in [1.29, 1.82) is 0 Å². The molecule has 0 unspecified atom stereocenters. The molecule has 3 nitrogen and oxygen atoms in total. The van der Waals surface area contributed by atoms with Crippen molar-refractivity contribution in [2.45, 2.75) is 12.2 Å². The van der Waals surface area contributed by atoms with Gasteiger partial charge in [0.2, 0.25) is 0 Å². The molecule has 2 heterocycles. The van der Waals surface area contributed by atoms with Crippen molar-refractivity contribution in [3.05, 3.63) is 65.4 Å². The number of nitrogens with zero attached hydrogens (tertiary/aromatic N) is 1. The monoisotopic (exact) mass is 317 g/mol. The SMILES string of the molecule is O=[S@@](CCc1ccccc1)Cc1csc(-c2ccco2)n1. The molecule has 0 fully saturated rings. The highest BCUT2D eigenvalue weighted by molar-refractivity contribution is 7.84. The van der Waals surface area contributed by atoms with Crippen molar-refractivity contribution in [2.75, 3.05) is 5.75 Å². The van der Waals surface area contributed by atoms with E-state index in [0.717, 1.165) is 22.9 Å². The minimum atomic E-state index is -0.891. The van der Waals surface area contributed by atoms with E-state index in [2.05, 4.69) is 17.1 Å². The highest BCUT2D eigenvalue weighted by Crippen LogP contribution is 2.24. The second-order valence-corrected chi connectivity index (χ2v) is 7.08. The molecule has 2 aromatic heterocycles. The molecule has 5 heteroatoms. The van der Waals surface area contributed by atoms with Crippen molar-refractivity contribution in [1.82, 2.24) is 4.98 Å². The van der Waals surface area contributed by atoms with Crippen LogP contribution in [-0.2, 0) is 23.0 Å². The van der Waals surface area contributed by atoms with Gasteiger partial charge < -0.3 is 4.42 Å². The summed E-state index contributed by atoms with van der Waals surface area (Å²) in [4.78, 5) is 4.48. The first-order valence-corrected chi connectivity index (χ1v) is 9.05. The summed E-state index contributed by atoms with van der Waals surface area (Å²) < 4.78 is 17.4. The Morgan fingerprint density at radius 2 is 2.00 bits per heavy atom. The molecule has 0 bridgehead atoms. The fraction of sp³-hybridized carbons (Fsp3) is 0.188. The molecule has 0 spiro atoms. The van der Waals surface area contributed by atoms with Crippen molar-refractivity contribution < 1.29 is 8.63 Å². The molecule has 1 aromatic carbocycles. The second-order valence-electron chi connectivity index (χ2n) is 4.65. The summed E-state index contributed by atoms with van der Waals surface area (Å²) in [5, 5.41) is 2.80. The number of hydrogen-bond donors (Lipinski definition) is 0. The summed E-state index contributed by atoms with van der Waals surface area (Å²) in [6, 6.07) is 13.9. The van der Waals surface area contributed by atoms with Crippen LogP contribution >= 0.6 is 11.3 Å². The maximum absolute atomic E-state index is 12.1. The molecule has 3 rings (SSSR count). The van der Waals surface area contributed by atoms with Gasteiger partial charge in [-0.3, -0.25) is 4.21 Å². The van der Waals surface area contributed by atoms with Gasteiger partial charge in [-0.2, -0.15) is 0 Å². The Balaban J connectivity index is 1.55. The Morgan fingerprint density at radius 1 is 1.14 bits per heavy atom. The first kappa shape index (κ1) is 14.2. The zero-order chi connectivity index (χ0) is 14.5. The topological polar surface area (TPSA) is 43.1 Å². The van der Waals surface area contributed by atoms with Crippen LogP contribution in [0.4, 0.5) is 0 Å². The van der Waals surface area contributed by atoms with Gasteiger partial charge >= 0.3 is 0 Å². The fourth-order valence-corrected chi connectivity index (χ4v) is 3.98. The maximum atomic E-state index is 12.1. The van der Waals surface area contributed by atoms with E-state index in [9.17, 15) is 4.21 Å². The maximum Gasteiger partial charge on any atom is 0.162 e. The van der Waals surface area contributed by atoms with E-state index in [4.69, 9.17) is 4.42 Å². The van der Waals surface area contributed by atoms with Gasteiger partial charge in [0.05, 0.1) is 17.7 Å². The van der Waals surface area contributed by atoms with Crippen LogP contribution in [0.2, 0.25) is 0 Å². The average molecular weight is 317 g/mol. The van der Waals surface area contributed by atoms with E-state index in [1.54, 1.807) is 6.26 Å². The fourth-order valence-electron chi connectivity index (χ4n) is 2.00. The molecule has 108 valence electrons. The summed E-state index contributed by atoms with van der Waals surface area (Å²) in [7, 11) is -0.891. The number of furan rings is 1. The number of aromatic nitrogens is 1. The molecule has 0 aliphatic rings. The molecule has 3 aromatic rings. The van der Waals surface area contributed by atoms with E-state index >= 15 is 0 Å². The molecule has 0 radical (unpaired) electrons. The Hall–Kier alpha value is -1.72. The summed E-state index contributed by atoms with van der Waals surface area (Å²) in [5.41, 5.74) is 2.10. The quantitative estimate of drug-likeness (QED) is 0.692. The molecule has 0 saturated carbocycles. The lowest BCUT2D eigenvalue weighted by atomic mass is 10.2. The third-order valence-electron chi connectivity index (χ3n) is 3.05. The van der Waals surface area contributed by atoms with Gasteiger partial charge in [-0.25, -0.2) is 4.98 Å². The van der Waals surface area contributed by atoms with E-state index < -0.39 is 10.8 Å². The van der Waals surface area contributed by atoms with Gasteiger partial charge in [0.25, 0.3) is 0 Å². The molecular weight excluding hydrogens is 302 g/mol. The molecule has 0 aliphatic carbocycles. The standard InChI is InChI=1S/C16H15NO2S2/c18-21(10-8-13-5-2-1-3-6-13)12-14-11-20-16(17-14)15-7-4-9-19-15/h1-7,9,11H,8,10,12H2/t21-/m0/s1. The summed E-state index contributed by atoms with van der Waals surface area (Å²) in [5.74, 6) is 1.93. The van der Waals surface area contributed by atoms with Crippen LogP contribution in [0.3, 0.4) is 0 Å². The Labute approximate surface area is 130 Å². The Morgan fingerprint density at radius 3 is 2.76 bits per heavy atom. The van der Waals surface area contributed by atoms with Gasteiger partial charge in [0.15, 0.2) is 10.8 Å². The molecule has 1 atom stereocenters.